The van der Waals surface area contributed by atoms with Crippen molar-refractivity contribution < 1.29 is 9.21 Å². The van der Waals surface area contributed by atoms with Gasteiger partial charge in [-0.15, -0.1) is 0 Å². The molecule has 1 amide bonds. The summed E-state index contributed by atoms with van der Waals surface area (Å²) in [5.41, 5.74) is 0. The van der Waals surface area contributed by atoms with Gasteiger partial charge in [-0.3, -0.25) is 4.79 Å². The van der Waals surface area contributed by atoms with E-state index in [1.807, 2.05) is 10.8 Å². The Kier molecular flexibility index (Phi) is 4.58. The first kappa shape index (κ1) is 14.7. The van der Waals surface area contributed by atoms with E-state index < -0.39 is 0 Å². The third-order valence-electron chi connectivity index (χ3n) is 3.08. The van der Waals surface area contributed by atoms with Gasteiger partial charge in [0.1, 0.15) is 5.76 Å². The molecule has 3 aromatic heterocycles. The van der Waals surface area contributed by atoms with Crippen LogP contribution in [0.15, 0.2) is 59.7 Å². The predicted molar refractivity (Wildman–Crippen MR) is 84.0 cm³/mol. The molecule has 0 aliphatic carbocycles. The minimum absolute atomic E-state index is 0.181. The molecule has 7 heteroatoms. The van der Waals surface area contributed by atoms with Gasteiger partial charge < -0.3 is 14.3 Å². The highest BCUT2D eigenvalue weighted by molar-refractivity contribution is 5.91. The molecule has 23 heavy (non-hydrogen) atoms. The molecule has 3 heterocycles. The van der Waals surface area contributed by atoms with Gasteiger partial charge in [-0.25, -0.2) is 15.0 Å². The lowest BCUT2D eigenvalue weighted by molar-refractivity contribution is -0.116. The Labute approximate surface area is 132 Å². The first-order valence-electron chi connectivity index (χ1n) is 7.11. The van der Waals surface area contributed by atoms with Crippen LogP contribution >= 0.6 is 0 Å². The average Bonchev–Trinajstić information content (AvgIpc) is 3.25. The molecule has 0 unspecified atom stereocenters. The van der Waals surface area contributed by atoms with Crippen molar-refractivity contribution in [2.45, 2.75) is 6.54 Å². The monoisotopic (exact) mass is 309 g/mol. The Bertz CT molecular complexity index is 778. The number of rotatable bonds is 6. The van der Waals surface area contributed by atoms with E-state index in [9.17, 15) is 4.79 Å². The van der Waals surface area contributed by atoms with Crippen LogP contribution in [0.4, 0.5) is 0 Å². The van der Waals surface area contributed by atoms with Gasteiger partial charge in [0.25, 0.3) is 0 Å². The molecule has 0 aliphatic heterocycles. The molecule has 0 aliphatic rings. The van der Waals surface area contributed by atoms with Crippen molar-refractivity contribution in [3.8, 4) is 11.6 Å². The summed E-state index contributed by atoms with van der Waals surface area (Å²) in [6.07, 6.45) is 11.5. The molecular formula is C16H15N5O2. The maximum atomic E-state index is 11.7. The molecule has 0 atom stereocenters. The predicted octanol–water partition coefficient (Wildman–Crippen LogP) is 1.76. The molecule has 116 valence electrons. The summed E-state index contributed by atoms with van der Waals surface area (Å²) in [5, 5.41) is 2.81. The van der Waals surface area contributed by atoms with E-state index in [1.54, 1.807) is 49.1 Å². The highest BCUT2D eigenvalue weighted by Crippen LogP contribution is 2.10. The highest BCUT2D eigenvalue weighted by Gasteiger charge is 2.07. The van der Waals surface area contributed by atoms with Crippen LogP contribution in [0, 0.1) is 0 Å². The normalized spacial score (nSPS) is 11.0. The van der Waals surface area contributed by atoms with Gasteiger partial charge in [-0.2, -0.15) is 0 Å². The Balaban J connectivity index is 1.54. The average molecular weight is 309 g/mol. The van der Waals surface area contributed by atoms with E-state index in [-0.39, 0.29) is 5.91 Å². The smallest absolute Gasteiger partial charge is 0.244 e. The highest BCUT2D eigenvalue weighted by atomic mass is 16.3. The Hall–Kier alpha value is -3.22. The van der Waals surface area contributed by atoms with Crippen molar-refractivity contribution in [2.24, 2.45) is 0 Å². The molecule has 0 fully saturated rings. The van der Waals surface area contributed by atoms with Gasteiger partial charge in [0.05, 0.1) is 6.26 Å². The fourth-order valence-electron chi connectivity index (χ4n) is 2.01. The van der Waals surface area contributed by atoms with E-state index in [2.05, 4.69) is 20.3 Å². The topological polar surface area (TPSA) is 85.8 Å². The Morgan fingerprint density at radius 2 is 2.09 bits per heavy atom. The van der Waals surface area contributed by atoms with Crippen LogP contribution in [0.1, 0.15) is 5.76 Å². The molecule has 0 saturated heterocycles. The molecule has 0 saturated carbocycles. The van der Waals surface area contributed by atoms with Crippen molar-refractivity contribution >= 4 is 12.0 Å². The summed E-state index contributed by atoms with van der Waals surface area (Å²) in [6.45, 7) is 1.05. The fraction of sp³-hybridized carbons (Fsp3) is 0.125. The van der Waals surface area contributed by atoms with E-state index in [4.69, 9.17) is 4.42 Å². The van der Waals surface area contributed by atoms with Crippen molar-refractivity contribution in [3.63, 3.8) is 0 Å². The molecule has 7 nitrogen and oxygen atoms in total. The number of hydrogen-bond donors (Lipinski definition) is 1. The van der Waals surface area contributed by atoms with Crippen molar-refractivity contribution in [1.82, 2.24) is 24.8 Å². The van der Waals surface area contributed by atoms with Crippen LogP contribution in [0.5, 0.6) is 0 Å². The number of imidazole rings is 1. The largest absolute Gasteiger partial charge is 0.465 e. The fourth-order valence-corrected chi connectivity index (χ4v) is 2.01. The van der Waals surface area contributed by atoms with E-state index in [1.165, 1.54) is 6.08 Å². The summed E-state index contributed by atoms with van der Waals surface area (Å²) < 4.78 is 7.01. The second-order valence-corrected chi connectivity index (χ2v) is 4.66. The van der Waals surface area contributed by atoms with Gasteiger partial charge >= 0.3 is 0 Å². The maximum absolute atomic E-state index is 11.7. The first-order chi connectivity index (χ1) is 11.3. The lowest BCUT2D eigenvalue weighted by Crippen LogP contribution is -2.25. The Morgan fingerprint density at radius 1 is 1.22 bits per heavy atom. The van der Waals surface area contributed by atoms with Gasteiger partial charge in [0, 0.05) is 44.0 Å². The first-order valence-corrected chi connectivity index (χ1v) is 7.11. The van der Waals surface area contributed by atoms with Crippen LogP contribution in [0.2, 0.25) is 0 Å². The van der Waals surface area contributed by atoms with Crippen molar-refractivity contribution in [1.29, 1.82) is 0 Å². The number of amides is 1. The standard InChI is InChI=1S/C16H15N5O2/c22-14(5-4-13-3-1-12-23-13)17-8-10-21-11-9-20-16(21)15-18-6-2-7-19-15/h1-7,9,11-12H,8,10H2,(H,17,22). The van der Waals surface area contributed by atoms with E-state index >= 15 is 0 Å². The second-order valence-electron chi connectivity index (χ2n) is 4.66. The molecule has 1 N–H and O–H groups in total. The zero-order valence-corrected chi connectivity index (χ0v) is 12.3. The lowest BCUT2D eigenvalue weighted by Gasteiger charge is -2.07. The van der Waals surface area contributed by atoms with E-state index in [0.717, 1.165) is 0 Å². The summed E-state index contributed by atoms with van der Waals surface area (Å²) in [5.74, 6) is 1.69. The zero-order valence-electron chi connectivity index (χ0n) is 12.3. The van der Waals surface area contributed by atoms with Gasteiger partial charge in [-0.05, 0) is 24.3 Å². The van der Waals surface area contributed by atoms with Crippen LogP contribution in [-0.2, 0) is 11.3 Å². The lowest BCUT2D eigenvalue weighted by atomic mass is 10.4. The minimum Gasteiger partial charge on any atom is -0.465 e. The number of carbonyl (C=O) groups is 1. The minimum atomic E-state index is -0.181. The van der Waals surface area contributed by atoms with Gasteiger partial charge in [-0.1, -0.05) is 0 Å². The number of aromatic nitrogens is 4. The third-order valence-corrected chi connectivity index (χ3v) is 3.08. The number of hydrogen-bond acceptors (Lipinski definition) is 5. The number of carbonyl (C=O) groups excluding carboxylic acids is 1. The maximum Gasteiger partial charge on any atom is 0.244 e. The summed E-state index contributed by atoms with van der Waals surface area (Å²) in [4.78, 5) is 24.3. The quantitative estimate of drug-likeness (QED) is 0.701. The van der Waals surface area contributed by atoms with Crippen LogP contribution in [0.3, 0.4) is 0 Å². The van der Waals surface area contributed by atoms with Gasteiger partial charge in [0.15, 0.2) is 11.6 Å². The van der Waals surface area contributed by atoms with Crippen molar-refractivity contribution in [2.75, 3.05) is 6.54 Å². The molecule has 3 rings (SSSR count). The summed E-state index contributed by atoms with van der Waals surface area (Å²) >= 11 is 0. The van der Waals surface area contributed by atoms with Crippen LogP contribution in [0.25, 0.3) is 17.7 Å². The molecule has 0 aromatic carbocycles. The summed E-state index contributed by atoms with van der Waals surface area (Å²) in [7, 11) is 0. The summed E-state index contributed by atoms with van der Waals surface area (Å²) in [6, 6.07) is 5.30. The van der Waals surface area contributed by atoms with Crippen LogP contribution < -0.4 is 5.32 Å². The molecule has 0 bridgehead atoms. The third kappa shape index (κ3) is 3.91. The molecular weight excluding hydrogens is 294 g/mol. The Morgan fingerprint density at radius 3 is 2.87 bits per heavy atom. The van der Waals surface area contributed by atoms with Crippen molar-refractivity contribution in [3.05, 3.63) is 61.1 Å². The molecule has 0 radical (unpaired) electrons. The van der Waals surface area contributed by atoms with Gasteiger partial charge in [0.2, 0.25) is 5.91 Å². The number of nitrogens with zero attached hydrogens (tertiary/aromatic N) is 4. The van der Waals surface area contributed by atoms with E-state index in [0.29, 0.717) is 30.5 Å². The number of furan rings is 1. The molecule has 0 spiro atoms. The molecule has 3 aromatic rings. The van der Waals surface area contributed by atoms with Crippen LogP contribution in [-0.4, -0.2) is 32.0 Å². The number of nitrogens with one attached hydrogen (secondary N) is 1. The second kappa shape index (κ2) is 7.17. The zero-order chi connectivity index (χ0) is 15.9. The SMILES string of the molecule is O=C(C=Cc1ccco1)NCCn1ccnc1-c1ncccn1.